The summed E-state index contributed by atoms with van der Waals surface area (Å²) < 4.78 is 15.1. The molecule has 0 saturated carbocycles. The summed E-state index contributed by atoms with van der Waals surface area (Å²) in [5.41, 5.74) is 0.307. The number of fused-ring (bicyclic) bond motifs is 1. The van der Waals surface area contributed by atoms with Gasteiger partial charge in [-0.15, -0.1) is 0 Å². The summed E-state index contributed by atoms with van der Waals surface area (Å²) in [6, 6.07) is 6.01. The Balaban J connectivity index is 1.98. The van der Waals surface area contributed by atoms with Crippen LogP contribution in [-0.4, -0.2) is 9.91 Å². The Morgan fingerprint density at radius 2 is 2.14 bits per heavy atom. The standard InChI is InChI=1S/C14H10N2O6/c1-8-12(22-14(17)21-8)7-20-11-5-4-10(16(18)19)9-3-2-6-15-13(9)11/h2-6H,7H2,1H3. The van der Waals surface area contributed by atoms with Gasteiger partial charge >= 0.3 is 5.82 Å². The van der Waals surface area contributed by atoms with Gasteiger partial charge in [0.15, 0.2) is 11.5 Å². The average molecular weight is 302 g/mol. The van der Waals surface area contributed by atoms with Crippen molar-refractivity contribution in [1.82, 2.24) is 4.98 Å². The van der Waals surface area contributed by atoms with Gasteiger partial charge in [-0.2, -0.15) is 0 Å². The van der Waals surface area contributed by atoms with Gasteiger partial charge in [0.25, 0.3) is 5.69 Å². The lowest BCUT2D eigenvalue weighted by Crippen LogP contribution is -1.99. The van der Waals surface area contributed by atoms with E-state index in [9.17, 15) is 14.9 Å². The second kappa shape index (κ2) is 5.32. The van der Waals surface area contributed by atoms with E-state index in [1.54, 1.807) is 19.1 Å². The minimum atomic E-state index is -0.803. The van der Waals surface area contributed by atoms with Crippen LogP contribution in [0.15, 0.2) is 44.1 Å². The maximum absolute atomic E-state index is 11.0. The maximum Gasteiger partial charge on any atom is 0.519 e. The molecule has 3 aromatic rings. The number of aryl methyl sites for hydroxylation is 1. The highest BCUT2D eigenvalue weighted by molar-refractivity contribution is 5.92. The summed E-state index contributed by atoms with van der Waals surface area (Å²) in [6.45, 7) is 1.54. The predicted molar refractivity (Wildman–Crippen MR) is 74.7 cm³/mol. The van der Waals surface area contributed by atoms with Crippen LogP contribution in [0.2, 0.25) is 0 Å². The van der Waals surface area contributed by atoms with Gasteiger partial charge in [0, 0.05) is 12.3 Å². The zero-order valence-corrected chi connectivity index (χ0v) is 11.4. The molecule has 0 aliphatic rings. The van der Waals surface area contributed by atoms with Crippen LogP contribution in [0.1, 0.15) is 11.5 Å². The molecule has 2 heterocycles. The number of nitro benzene ring substituents is 1. The van der Waals surface area contributed by atoms with Gasteiger partial charge in [-0.25, -0.2) is 4.79 Å². The van der Waals surface area contributed by atoms with Crippen molar-refractivity contribution in [2.24, 2.45) is 0 Å². The third-order valence-electron chi connectivity index (χ3n) is 3.10. The molecule has 0 N–H and O–H groups in total. The van der Waals surface area contributed by atoms with Gasteiger partial charge in [0.05, 0.1) is 10.3 Å². The first-order chi connectivity index (χ1) is 10.6. The number of benzene rings is 1. The molecule has 0 aliphatic carbocycles. The number of pyridine rings is 1. The van der Waals surface area contributed by atoms with E-state index in [-0.39, 0.29) is 18.1 Å². The van der Waals surface area contributed by atoms with Crippen LogP contribution in [0.25, 0.3) is 10.9 Å². The molecule has 1 aromatic carbocycles. The fraction of sp³-hybridized carbons (Fsp3) is 0.143. The molecule has 0 fully saturated rings. The maximum atomic E-state index is 11.0. The number of ether oxygens (including phenoxy) is 1. The molecule has 0 radical (unpaired) electrons. The number of rotatable bonds is 4. The van der Waals surface area contributed by atoms with Crippen molar-refractivity contribution < 1.29 is 18.5 Å². The summed E-state index contributed by atoms with van der Waals surface area (Å²) in [7, 11) is 0. The van der Waals surface area contributed by atoms with E-state index in [4.69, 9.17) is 13.6 Å². The molecule has 0 unspecified atom stereocenters. The summed E-state index contributed by atoms with van der Waals surface area (Å²) in [4.78, 5) is 25.6. The van der Waals surface area contributed by atoms with E-state index in [0.717, 1.165) is 0 Å². The summed E-state index contributed by atoms with van der Waals surface area (Å²) >= 11 is 0. The van der Waals surface area contributed by atoms with Crippen molar-refractivity contribution in [1.29, 1.82) is 0 Å². The number of nitrogens with zero attached hydrogens (tertiary/aromatic N) is 2. The lowest BCUT2D eigenvalue weighted by Gasteiger charge is -2.07. The predicted octanol–water partition coefficient (Wildman–Crippen LogP) is 2.58. The van der Waals surface area contributed by atoms with Crippen molar-refractivity contribution in [3.05, 3.63) is 62.7 Å². The molecule has 0 spiro atoms. The normalized spacial score (nSPS) is 10.8. The Morgan fingerprint density at radius 3 is 2.82 bits per heavy atom. The fourth-order valence-corrected chi connectivity index (χ4v) is 2.06. The van der Waals surface area contributed by atoms with Crippen LogP contribution in [0.3, 0.4) is 0 Å². The summed E-state index contributed by atoms with van der Waals surface area (Å²) in [5.74, 6) is 0.129. The first kappa shape index (κ1) is 13.8. The number of hydrogen-bond donors (Lipinski definition) is 0. The van der Waals surface area contributed by atoms with E-state index in [1.807, 2.05) is 0 Å². The van der Waals surface area contributed by atoms with Crippen LogP contribution in [0, 0.1) is 17.0 Å². The van der Waals surface area contributed by atoms with Gasteiger partial charge in [-0.1, -0.05) is 0 Å². The van der Waals surface area contributed by atoms with Gasteiger partial charge in [-0.05, 0) is 25.1 Å². The highest BCUT2D eigenvalue weighted by atomic mass is 16.6. The Hall–Kier alpha value is -3.16. The molecule has 0 aliphatic heterocycles. The molecule has 8 nitrogen and oxygen atoms in total. The lowest BCUT2D eigenvalue weighted by atomic mass is 10.1. The van der Waals surface area contributed by atoms with Crippen molar-refractivity contribution in [2.45, 2.75) is 13.5 Å². The first-order valence-corrected chi connectivity index (χ1v) is 6.30. The smallest absolute Gasteiger partial charge is 0.483 e. The van der Waals surface area contributed by atoms with Gasteiger partial charge in [0.2, 0.25) is 0 Å². The molecule has 112 valence electrons. The number of aromatic nitrogens is 1. The largest absolute Gasteiger partial charge is 0.519 e. The summed E-state index contributed by atoms with van der Waals surface area (Å²) in [5, 5.41) is 11.4. The molecule has 0 atom stereocenters. The van der Waals surface area contributed by atoms with Gasteiger partial charge in [-0.3, -0.25) is 15.1 Å². The van der Waals surface area contributed by atoms with Crippen molar-refractivity contribution >= 4 is 16.6 Å². The van der Waals surface area contributed by atoms with Crippen molar-refractivity contribution in [2.75, 3.05) is 0 Å². The van der Waals surface area contributed by atoms with E-state index in [2.05, 4.69) is 4.98 Å². The molecule has 2 aromatic heterocycles. The third kappa shape index (κ3) is 2.41. The molecule has 0 amide bonds. The molecule has 22 heavy (non-hydrogen) atoms. The lowest BCUT2D eigenvalue weighted by molar-refractivity contribution is -0.383. The quantitative estimate of drug-likeness (QED) is 0.538. The highest BCUT2D eigenvalue weighted by Crippen LogP contribution is 2.31. The molecule has 0 saturated heterocycles. The highest BCUT2D eigenvalue weighted by Gasteiger charge is 2.17. The Morgan fingerprint density at radius 1 is 1.32 bits per heavy atom. The Kier molecular flexibility index (Phi) is 3.34. The van der Waals surface area contributed by atoms with Gasteiger partial charge < -0.3 is 13.6 Å². The number of hydrogen-bond acceptors (Lipinski definition) is 7. The van der Waals surface area contributed by atoms with Gasteiger partial charge in [0.1, 0.15) is 17.9 Å². The topological polar surface area (TPSA) is 109 Å². The SMILES string of the molecule is Cc1oc(=O)oc1COc1ccc([N+](=O)[O-])c2cccnc12. The van der Waals surface area contributed by atoms with Crippen molar-refractivity contribution in [3.8, 4) is 5.75 Å². The van der Waals surface area contributed by atoms with E-state index >= 15 is 0 Å². The van der Waals surface area contributed by atoms with Crippen LogP contribution >= 0.6 is 0 Å². The molecular formula is C14H10N2O6. The Labute approximate surface area is 123 Å². The van der Waals surface area contributed by atoms with Crippen LogP contribution in [0.5, 0.6) is 5.75 Å². The fourth-order valence-electron chi connectivity index (χ4n) is 2.06. The zero-order valence-electron chi connectivity index (χ0n) is 11.4. The second-order valence-electron chi connectivity index (χ2n) is 4.46. The number of non-ortho nitro benzene ring substituents is 1. The van der Waals surface area contributed by atoms with E-state index in [0.29, 0.717) is 22.4 Å². The number of nitro groups is 1. The van der Waals surface area contributed by atoms with Crippen LogP contribution in [-0.2, 0) is 6.61 Å². The van der Waals surface area contributed by atoms with Crippen LogP contribution < -0.4 is 10.6 Å². The van der Waals surface area contributed by atoms with Crippen molar-refractivity contribution in [3.63, 3.8) is 0 Å². The minimum absolute atomic E-state index is 0.0406. The molecule has 3 rings (SSSR count). The zero-order chi connectivity index (χ0) is 15.7. The summed E-state index contributed by atoms with van der Waals surface area (Å²) in [6.07, 6.45) is 1.52. The third-order valence-corrected chi connectivity index (χ3v) is 3.10. The monoisotopic (exact) mass is 302 g/mol. The molecule has 8 heteroatoms. The van der Waals surface area contributed by atoms with E-state index < -0.39 is 10.7 Å². The first-order valence-electron chi connectivity index (χ1n) is 6.30. The minimum Gasteiger partial charge on any atom is -0.483 e. The molecule has 0 bridgehead atoms. The van der Waals surface area contributed by atoms with Crippen LogP contribution in [0.4, 0.5) is 5.69 Å². The average Bonchev–Trinajstić information content (AvgIpc) is 2.82. The molecular weight excluding hydrogens is 292 g/mol. The second-order valence-corrected chi connectivity index (χ2v) is 4.46. The van der Waals surface area contributed by atoms with E-state index in [1.165, 1.54) is 18.3 Å². The Bertz CT molecular complexity index is 911.